The number of benzene rings is 7. The molecule has 0 fully saturated rings. The summed E-state index contributed by atoms with van der Waals surface area (Å²) in [5, 5.41) is 15.4. The van der Waals surface area contributed by atoms with Gasteiger partial charge < -0.3 is 5.11 Å². The fourth-order valence-electron chi connectivity index (χ4n) is 7.73. The number of rotatable bonds is 8. The molecule has 7 rings (SSSR count). The Hall–Kier alpha value is -6.61. The van der Waals surface area contributed by atoms with Crippen molar-refractivity contribution in [2.75, 3.05) is 0 Å². The lowest BCUT2D eigenvalue weighted by molar-refractivity contribution is -0.144. The lowest BCUT2D eigenvalue weighted by Gasteiger charge is -2.35. The van der Waals surface area contributed by atoms with Gasteiger partial charge in [-0.1, -0.05) is 121 Å². The summed E-state index contributed by atoms with van der Waals surface area (Å²) in [5.74, 6) is -0.330. The number of nitrogens with zero attached hydrogens (tertiary/aromatic N) is 1. The monoisotopic (exact) mass is 893 g/mol. The van der Waals surface area contributed by atoms with Gasteiger partial charge in [-0.2, -0.15) is 52.7 Å². The molecule has 7 aromatic carbocycles. The van der Waals surface area contributed by atoms with Crippen molar-refractivity contribution in [2.45, 2.75) is 31.6 Å². The second-order valence-electron chi connectivity index (χ2n) is 14.6. The molecule has 0 radical (unpaired) electrons. The molecular weight excluding hydrogens is 863 g/mol. The summed E-state index contributed by atoms with van der Waals surface area (Å²) in [5.41, 5.74) is -9.43. The third-order valence-corrected chi connectivity index (χ3v) is 15.3. The van der Waals surface area contributed by atoms with E-state index in [4.69, 9.17) is 0 Å². The van der Waals surface area contributed by atoms with Crippen LogP contribution >= 0.6 is 0 Å². The highest BCUT2D eigenvalue weighted by Crippen LogP contribution is 2.46. The van der Waals surface area contributed by atoms with Crippen molar-refractivity contribution in [2.24, 2.45) is 4.99 Å². The second kappa shape index (κ2) is 16.6. The van der Waals surface area contributed by atoms with E-state index in [0.717, 1.165) is 40.0 Å². The summed E-state index contributed by atoms with van der Waals surface area (Å²) in [6, 6.07) is 35.7. The number of aromatic hydroxyl groups is 1. The maximum Gasteiger partial charge on any atom is 0.416 e. The van der Waals surface area contributed by atoms with Crippen LogP contribution in [0.2, 0.25) is 0 Å². The van der Waals surface area contributed by atoms with Gasteiger partial charge in [-0.25, -0.2) is 0 Å². The maximum atomic E-state index is 14.1. The predicted octanol–water partition coefficient (Wildman–Crippen LogP) is 12.2. The smallest absolute Gasteiger partial charge is 0.416 e. The van der Waals surface area contributed by atoms with Crippen molar-refractivity contribution in [3.8, 4) is 28.0 Å². The molecule has 0 amide bonds. The quantitative estimate of drug-likeness (QED) is 0.0701. The number of alkyl halides is 12. The van der Waals surface area contributed by atoms with Gasteiger partial charge in [0.1, 0.15) is 5.75 Å². The van der Waals surface area contributed by atoms with Crippen molar-refractivity contribution in [3.63, 3.8) is 0 Å². The van der Waals surface area contributed by atoms with Crippen LogP contribution < -0.4 is 20.7 Å². The van der Waals surface area contributed by atoms with E-state index < -0.39 is 83.0 Å². The first-order chi connectivity index (χ1) is 29.6. The van der Waals surface area contributed by atoms with Crippen LogP contribution in [0.1, 0.15) is 33.4 Å². The van der Waals surface area contributed by atoms with E-state index in [0.29, 0.717) is 35.0 Å². The zero-order chi connectivity index (χ0) is 45.5. The van der Waals surface area contributed by atoms with E-state index in [1.807, 2.05) is 91.0 Å². The summed E-state index contributed by atoms with van der Waals surface area (Å²) in [6.07, 6.45) is -20.2. The van der Waals surface area contributed by atoms with Crippen LogP contribution in [0.25, 0.3) is 22.3 Å². The summed E-state index contributed by atoms with van der Waals surface area (Å²) < 4.78 is 170. The minimum Gasteiger partial charge on any atom is -0.507 e. The fraction of sp³-hybridized carbons (Fsp3) is 0.104. The number of halogens is 12. The normalized spacial score (nSPS) is 12.8. The first-order valence-electron chi connectivity index (χ1n) is 18.9. The van der Waals surface area contributed by atoms with Crippen molar-refractivity contribution in [3.05, 3.63) is 191 Å². The molecule has 0 aromatic heterocycles. The number of para-hydroxylation sites is 1. The Labute approximate surface area is 353 Å². The molecule has 0 saturated heterocycles. The van der Waals surface area contributed by atoms with Gasteiger partial charge in [0.25, 0.3) is 0 Å². The van der Waals surface area contributed by atoms with E-state index in [2.05, 4.69) is 4.99 Å². The molecule has 0 unspecified atom stereocenters. The number of phenolic OH excluding ortho intramolecular Hbond substituents is 1. The van der Waals surface area contributed by atoms with Gasteiger partial charge in [0, 0.05) is 22.9 Å². The van der Waals surface area contributed by atoms with Crippen LogP contribution in [0.15, 0.2) is 163 Å². The van der Waals surface area contributed by atoms with Gasteiger partial charge in [-0.15, -0.1) is 0 Å². The molecular formula is C48H31F12NOSi. The van der Waals surface area contributed by atoms with Crippen LogP contribution in [0.5, 0.6) is 5.75 Å². The largest absolute Gasteiger partial charge is 0.507 e. The summed E-state index contributed by atoms with van der Waals surface area (Å²) in [6.45, 7) is 1.71. The molecule has 1 N–H and O–H groups in total. The van der Waals surface area contributed by atoms with Crippen LogP contribution in [-0.2, 0) is 24.7 Å². The third-order valence-electron chi connectivity index (χ3n) is 10.5. The van der Waals surface area contributed by atoms with Crippen molar-refractivity contribution < 1.29 is 57.8 Å². The van der Waals surface area contributed by atoms with E-state index in [1.165, 1.54) is 6.07 Å². The Bertz CT molecular complexity index is 2540. The van der Waals surface area contributed by atoms with E-state index in [1.54, 1.807) is 13.0 Å². The van der Waals surface area contributed by atoms with Crippen LogP contribution in [-0.4, -0.2) is 19.4 Å². The fourth-order valence-corrected chi connectivity index (χ4v) is 12.7. The molecule has 0 aliphatic carbocycles. The molecule has 0 saturated carbocycles. The van der Waals surface area contributed by atoms with Crippen LogP contribution in [0.3, 0.4) is 0 Å². The number of aryl methyl sites for hydroxylation is 1. The average Bonchev–Trinajstić information content (AvgIpc) is 3.24. The summed E-state index contributed by atoms with van der Waals surface area (Å²) >= 11 is 0. The van der Waals surface area contributed by atoms with Crippen molar-refractivity contribution >= 4 is 40.7 Å². The Balaban J connectivity index is 1.55. The average molecular weight is 894 g/mol. The second-order valence-corrected chi connectivity index (χ2v) is 18.4. The topological polar surface area (TPSA) is 32.6 Å². The van der Waals surface area contributed by atoms with Crippen LogP contribution in [0.4, 0.5) is 58.4 Å². The van der Waals surface area contributed by atoms with Gasteiger partial charge in [0.15, 0.2) is 8.07 Å². The van der Waals surface area contributed by atoms with Gasteiger partial charge in [0.2, 0.25) is 0 Å². The molecule has 0 heterocycles. The highest BCUT2D eigenvalue weighted by Gasteiger charge is 2.44. The Morgan fingerprint density at radius 3 is 1.13 bits per heavy atom. The van der Waals surface area contributed by atoms with Gasteiger partial charge >= 0.3 is 24.7 Å². The zero-order valence-corrected chi connectivity index (χ0v) is 33.5. The molecule has 63 heavy (non-hydrogen) atoms. The molecule has 0 spiro atoms. The Morgan fingerprint density at radius 1 is 0.444 bits per heavy atom. The molecule has 7 aromatic rings. The van der Waals surface area contributed by atoms with Gasteiger partial charge in [0.05, 0.1) is 27.9 Å². The lowest BCUT2D eigenvalue weighted by Crippen LogP contribution is -2.74. The molecule has 2 nitrogen and oxygen atoms in total. The predicted molar refractivity (Wildman–Crippen MR) is 221 cm³/mol. The van der Waals surface area contributed by atoms with E-state index >= 15 is 0 Å². The van der Waals surface area contributed by atoms with Crippen molar-refractivity contribution in [1.82, 2.24) is 0 Å². The zero-order valence-electron chi connectivity index (χ0n) is 32.5. The standard InChI is InChI=1S/C48H31F12NOSi/c1-29-20-32(44(62)42(21-29)63(37-12-5-2-6-13-37,38-14-7-3-8-15-38)39-16-9-4-10-17-39)28-61-43-40(30-22-33(45(49,50)51)26-34(23-30)46(52,53)54)18-11-19-41(43)31-24-35(47(55,56)57)27-36(25-31)48(58,59)60/h2-28,62H,1H3. The highest BCUT2D eigenvalue weighted by molar-refractivity contribution is 7.20. The molecule has 0 aliphatic rings. The van der Waals surface area contributed by atoms with E-state index in [-0.39, 0.29) is 23.4 Å². The first kappa shape index (κ1) is 44.4. The minimum atomic E-state index is -5.31. The van der Waals surface area contributed by atoms with Crippen LogP contribution in [0, 0.1) is 6.92 Å². The number of aliphatic imine (C=N–C) groups is 1. The molecule has 0 bridgehead atoms. The minimum absolute atomic E-state index is 0.0227. The van der Waals surface area contributed by atoms with Gasteiger partial charge in [-0.3, -0.25) is 4.99 Å². The lowest BCUT2D eigenvalue weighted by atomic mass is 9.92. The molecule has 0 atom stereocenters. The SMILES string of the molecule is Cc1cc(C=Nc2c(-c3cc(C(F)(F)F)cc(C(F)(F)F)c3)cccc2-c2cc(C(F)(F)F)cc(C(F)(F)F)c2)c(O)c([Si](c2ccccc2)(c2ccccc2)c2ccccc2)c1. The highest BCUT2D eigenvalue weighted by atomic mass is 28.3. The number of phenols is 1. The molecule has 0 aliphatic heterocycles. The van der Waals surface area contributed by atoms with Crippen molar-refractivity contribution in [1.29, 1.82) is 0 Å². The summed E-state index contributed by atoms with van der Waals surface area (Å²) in [4.78, 5) is 4.45. The van der Waals surface area contributed by atoms with E-state index in [9.17, 15) is 57.8 Å². The Kier molecular flexibility index (Phi) is 11.7. The number of hydrogen-bond donors (Lipinski definition) is 1. The third kappa shape index (κ3) is 9.01. The first-order valence-corrected chi connectivity index (χ1v) is 20.9. The molecule has 15 heteroatoms. The maximum absolute atomic E-state index is 14.1. The van der Waals surface area contributed by atoms with Gasteiger partial charge in [-0.05, 0) is 81.3 Å². The summed E-state index contributed by atoms with van der Waals surface area (Å²) in [7, 11) is -3.48. The Morgan fingerprint density at radius 2 is 0.794 bits per heavy atom. The number of hydrogen-bond acceptors (Lipinski definition) is 2. The molecule has 322 valence electrons.